The number of carbonyl (C=O) groups is 3. The smallest absolute Gasteiger partial charge is 0.330 e. The first-order chi connectivity index (χ1) is 16.8. The highest BCUT2D eigenvalue weighted by Gasteiger charge is 2.32. The lowest BCUT2D eigenvalue weighted by Crippen LogP contribution is -2.46. The van der Waals surface area contributed by atoms with Gasteiger partial charge in [-0.15, -0.1) is 0 Å². The van der Waals surface area contributed by atoms with Gasteiger partial charge in [0.1, 0.15) is 11.8 Å². The molecule has 0 spiro atoms. The average molecular weight is 475 g/mol. The summed E-state index contributed by atoms with van der Waals surface area (Å²) >= 11 is 0. The normalized spacial score (nSPS) is 12.4. The van der Waals surface area contributed by atoms with Crippen LogP contribution in [0.4, 0.5) is 5.69 Å². The van der Waals surface area contributed by atoms with E-state index in [0.29, 0.717) is 22.6 Å². The molecule has 2 unspecified atom stereocenters. The van der Waals surface area contributed by atoms with Crippen molar-refractivity contribution in [2.24, 2.45) is 5.92 Å². The Hall–Kier alpha value is -4.13. The van der Waals surface area contributed by atoms with E-state index in [1.165, 1.54) is 7.11 Å². The number of carbonyl (C=O) groups excluding carboxylic acids is 3. The van der Waals surface area contributed by atoms with Crippen LogP contribution in [0.5, 0.6) is 5.75 Å². The quantitative estimate of drug-likeness (QED) is 0.439. The second-order valence-corrected chi connectivity index (χ2v) is 8.48. The Balaban J connectivity index is 1.84. The zero-order valence-electron chi connectivity index (χ0n) is 20.3. The van der Waals surface area contributed by atoms with Gasteiger partial charge >= 0.3 is 5.97 Å². The number of rotatable bonds is 9. The van der Waals surface area contributed by atoms with E-state index in [-0.39, 0.29) is 5.92 Å². The van der Waals surface area contributed by atoms with Gasteiger partial charge in [-0.2, -0.15) is 0 Å². The Bertz CT molecular complexity index is 1160. The lowest BCUT2D eigenvalue weighted by Gasteiger charge is -2.25. The fourth-order valence-corrected chi connectivity index (χ4v) is 3.52. The second kappa shape index (κ2) is 11.8. The largest absolute Gasteiger partial charge is 0.495 e. The summed E-state index contributed by atoms with van der Waals surface area (Å²) in [6, 6.07) is 21.8. The highest BCUT2D eigenvalue weighted by molar-refractivity contribution is 5.99. The van der Waals surface area contributed by atoms with E-state index in [4.69, 9.17) is 9.47 Å². The summed E-state index contributed by atoms with van der Waals surface area (Å²) in [4.78, 5) is 39.2. The fourth-order valence-electron chi connectivity index (χ4n) is 3.52. The van der Waals surface area contributed by atoms with Gasteiger partial charge in [0.25, 0.3) is 11.8 Å². The van der Waals surface area contributed by atoms with Crippen LogP contribution in [0.25, 0.3) is 0 Å². The van der Waals surface area contributed by atoms with Gasteiger partial charge in [0.2, 0.25) is 6.10 Å². The van der Waals surface area contributed by atoms with Gasteiger partial charge in [0.05, 0.1) is 12.8 Å². The summed E-state index contributed by atoms with van der Waals surface area (Å²) in [6.07, 6.45) is -1.23. The molecule has 0 aromatic heterocycles. The molecule has 182 valence electrons. The molecule has 3 rings (SSSR count). The number of hydrogen-bond donors (Lipinski definition) is 2. The van der Waals surface area contributed by atoms with Crippen LogP contribution in [-0.2, 0) is 14.3 Å². The number of hydrogen-bond acceptors (Lipinski definition) is 5. The topological polar surface area (TPSA) is 93.7 Å². The number of anilines is 1. The van der Waals surface area contributed by atoms with Crippen LogP contribution in [0.2, 0.25) is 0 Å². The molecule has 2 N–H and O–H groups in total. The summed E-state index contributed by atoms with van der Waals surface area (Å²) in [5.74, 6) is -1.43. The molecular formula is C28H30N2O5. The van der Waals surface area contributed by atoms with Gasteiger partial charge in [-0.25, -0.2) is 4.79 Å². The predicted octanol–water partition coefficient (Wildman–Crippen LogP) is 4.68. The number of amides is 2. The molecule has 3 aromatic rings. The summed E-state index contributed by atoms with van der Waals surface area (Å²) < 4.78 is 11.1. The van der Waals surface area contributed by atoms with Gasteiger partial charge in [-0.3, -0.25) is 9.59 Å². The first-order valence-electron chi connectivity index (χ1n) is 11.4. The van der Waals surface area contributed by atoms with E-state index < -0.39 is 29.9 Å². The van der Waals surface area contributed by atoms with E-state index in [0.717, 1.165) is 5.56 Å². The summed E-state index contributed by atoms with van der Waals surface area (Å²) in [5.41, 5.74) is 2.32. The first kappa shape index (κ1) is 25.5. The second-order valence-electron chi connectivity index (χ2n) is 8.48. The maximum absolute atomic E-state index is 13.3. The van der Waals surface area contributed by atoms with Crippen molar-refractivity contribution in [3.05, 3.63) is 95.6 Å². The number of ether oxygens (including phenoxy) is 2. The number of methoxy groups -OCH3 is 1. The van der Waals surface area contributed by atoms with Crippen LogP contribution in [-0.4, -0.2) is 30.9 Å². The zero-order chi connectivity index (χ0) is 25.4. The molecule has 0 aliphatic carbocycles. The van der Waals surface area contributed by atoms with Crippen LogP contribution >= 0.6 is 0 Å². The molecule has 7 heteroatoms. The van der Waals surface area contributed by atoms with Crippen LogP contribution in [0.1, 0.15) is 41.4 Å². The summed E-state index contributed by atoms with van der Waals surface area (Å²) in [7, 11) is 1.51. The highest BCUT2D eigenvalue weighted by Crippen LogP contribution is 2.28. The molecule has 2 amide bonds. The molecule has 0 saturated heterocycles. The summed E-state index contributed by atoms with van der Waals surface area (Å²) in [5, 5.41) is 5.55. The molecule has 7 nitrogen and oxygen atoms in total. The fraction of sp³-hybridized carbons (Fsp3) is 0.250. The monoisotopic (exact) mass is 474 g/mol. The molecular weight excluding hydrogens is 444 g/mol. The van der Waals surface area contributed by atoms with Crippen molar-refractivity contribution in [3.63, 3.8) is 0 Å². The van der Waals surface area contributed by atoms with E-state index in [2.05, 4.69) is 10.6 Å². The van der Waals surface area contributed by atoms with Crippen molar-refractivity contribution >= 4 is 23.5 Å². The third-order valence-corrected chi connectivity index (χ3v) is 5.43. The Morgan fingerprint density at radius 3 is 2.09 bits per heavy atom. The Labute approximate surface area is 205 Å². The maximum atomic E-state index is 13.3. The Morgan fingerprint density at radius 1 is 0.857 bits per heavy atom. The lowest BCUT2D eigenvalue weighted by atomic mass is 10.0. The Kier molecular flexibility index (Phi) is 8.62. The number of nitrogens with one attached hydrogen (secondary N) is 2. The zero-order valence-corrected chi connectivity index (χ0v) is 20.3. The first-order valence-corrected chi connectivity index (χ1v) is 11.4. The highest BCUT2D eigenvalue weighted by atomic mass is 16.5. The van der Waals surface area contributed by atoms with E-state index in [1.807, 2.05) is 13.0 Å². The van der Waals surface area contributed by atoms with Gasteiger partial charge in [-0.1, -0.05) is 68.4 Å². The van der Waals surface area contributed by atoms with E-state index in [1.54, 1.807) is 86.6 Å². The number of benzene rings is 3. The maximum Gasteiger partial charge on any atom is 0.330 e. The predicted molar refractivity (Wildman–Crippen MR) is 134 cm³/mol. The van der Waals surface area contributed by atoms with Crippen LogP contribution in [0, 0.1) is 12.8 Å². The van der Waals surface area contributed by atoms with Crippen molar-refractivity contribution < 1.29 is 23.9 Å². The third-order valence-electron chi connectivity index (χ3n) is 5.43. The number of aryl methyl sites for hydroxylation is 1. The standard InChI is InChI=1S/C28H30N2O5/c1-18(2)24(30-26(31)21-13-9-6-10-14-21)28(33)35-25(20-11-7-5-8-12-20)27(32)29-22-17-19(3)15-16-23(22)34-4/h5-18,24-25H,1-4H3,(H,29,32)(H,30,31). The molecule has 2 atom stereocenters. The SMILES string of the molecule is COc1ccc(C)cc1NC(=O)C(OC(=O)C(NC(=O)c1ccccc1)C(C)C)c1ccccc1. The molecule has 0 radical (unpaired) electrons. The van der Waals surface area contributed by atoms with Crippen LogP contribution < -0.4 is 15.4 Å². The molecule has 3 aromatic carbocycles. The minimum atomic E-state index is -1.23. The van der Waals surface area contributed by atoms with Gasteiger partial charge in [-0.05, 0) is 42.7 Å². The summed E-state index contributed by atoms with van der Waals surface area (Å²) in [6.45, 7) is 5.49. The number of esters is 1. The molecule has 0 aliphatic rings. The third kappa shape index (κ3) is 6.69. The minimum Gasteiger partial charge on any atom is -0.495 e. The molecule has 0 bridgehead atoms. The van der Waals surface area contributed by atoms with Crippen molar-refractivity contribution in [1.82, 2.24) is 5.32 Å². The Morgan fingerprint density at radius 2 is 1.49 bits per heavy atom. The van der Waals surface area contributed by atoms with Crippen molar-refractivity contribution in [2.75, 3.05) is 12.4 Å². The van der Waals surface area contributed by atoms with Gasteiger partial charge in [0.15, 0.2) is 0 Å². The van der Waals surface area contributed by atoms with Crippen molar-refractivity contribution in [1.29, 1.82) is 0 Å². The molecule has 0 fully saturated rings. The molecule has 0 aliphatic heterocycles. The minimum absolute atomic E-state index is 0.272. The van der Waals surface area contributed by atoms with E-state index >= 15 is 0 Å². The lowest BCUT2D eigenvalue weighted by molar-refractivity contribution is -0.157. The van der Waals surface area contributed by atoms with Crippen molar-refractivity contribution in [2.45, 2.75) is 32.9 Å². The van der Waals surface area contributed by atoms with Crippen LogP contribution in [0.3, 0.4) is 0 Å². The molecule has 0 saturated carbocycles. The van der Waals surface area contributed by atoms with Gasteiger partial charge < -0.3 is 20.1 Å². The van der Waals surface area contributed by atoms with Crippen molar-refractivity contribution in [3.8, 4) is 5.75 Å². The average Bonchev–Trinajstić information content (AvgIpc) is 2.86. The van der Waals surface area contributed by atoms with E-state index in [9.17, 15) is 14.4 Å². The van der Waals surface area contributed by atoms with Crippen LogP contribution in [0.15, 0.2) is 78.9 Å². The molecule has 0 heterocycles. The van der Waals surface area contributed by atoms with Gasteiger partial charge in [0, 0.05) is 11.1 Å². The molecule has 35 heavy (non-hydrogen) atoms.